The van der Waals surface area contributed by atoms with Crippen LogP contribution < -0.4 is 5.32 Å². The van der Waals surface area contributed by atoms with Crippen molar-refractivity contribution in [1.82, 2.24) is 10.2 Å². The molecule has 2 rings (SSSR count). The zero-order valence-corrected chi connectivity index (χ0v) is 11.7. The number of thiophene rings is 1. The van der Waals surface area contributed by atoms with Crippen molar-refractivity contribution in [2.24, 2.45) is 0 Å². The van der Waals surface area contributed by atoms with Gasteiger partial charge in [0, 0.05) is 16.3 Å². The average Bonchev–Trinajstić information content (AvgIpc) is 2.84. The van der Waals surface area contributed by atoms with Crippen molar-refractivity contribution in [2.45, 2.75) is 45.8 Å². The van der Waals surface area contributed by atoms with Crippen LogP contribution in [0.2, 0.25) is 0 Å². The van der Waals surface area contributed by atoms with Gasteiger partial charge in [-0.3, -0.25) is 10.1 Å². The highest BCUT2D eigenvalue weighted by molar-refractivity contribution is 7.12. The molecule has 0 aromatic carbocycles. The maximum Gasteiger partial charge on any atom is 0.244 e. The smallest absolute Gasteiger partial charge is 0.244 e. The molecule has 1 fully saturated rings. The van der Waals surface area contributed by atoms with Gasteiger partial charge >= 0.3 is 0 Å². The lowest BCUT2D eigenvalue weighted by atomic mass is 9.99. The van der Waals surface area contributed by atoms with Crippen molar-refractivity contribution < 1.29 is 4.79 Å². The summed E-state index contributed by atoms with van der Waals surface area (Å²) >= 11 is 1.76. The topological polar surface area (TPSA) is 32.3 Å². The summed E-state index contributed by atoms with van der Waals surface area (Å²) in [6.07, 6.45) is 0.875. The van der Waals surface area contributed by atoms with Crippen LogP contribution in [0.3, 0.4) is 0 Å². The molecule has 1 amide bonds. The third-order valence-electron chi connectivity index (χ3n) is 3.58. The maximum atomic E-state index is 12.3. The number of hydrogen-bond donors (Lipinski definition) is 1. The molecule has 0 saturated carbocycles. The SMILES string of the molecule is CCN1C(=O)C(C)(CC)NC1c1ccc(C)s1. The molecule has 0 bridgehead atoms. The first-order valence-corrected chi connectivity index (χ1v) is 6.98. The predicted molar refractivity (Wildman–Crippen MR) is 71.0 cm³/mol. The van der Waals surface area contributed by atoms with Gasteiger partial charge in [0.25, 0.3) is 0 Å². The summed E-state index contributed by atoms with van der Waals surface area (Å²) < 4.78 is 0. The van der Waals surface area contributed by atoms with Crippen LogP contribution in [0.25, 0.3) is 0 Å². The van der Waals surface area contributed by atoms with Gasteiger partial charge in [-0.25, -0.2) is 0 Å². The fourth-order valence-electron chi connectivity index (χ4n) is 2.28. The fraction of sp³-hybridized carbons (Fsp3) is 0.615. The number of hydrogen-bond acceptors (Lipinski definition) is 3. The third-order valence-corrected chi connectivity index (χ3v) is 4.63. The standard InChI is InChI=1S/C13H20N2OS/c1-5-13(4)12(16)15(6-2)11(14-13)10-8-7-9(3)17-10/h7-8,11,14H,5-6H2,1-4H3. The van der Waals surface area contributed by atoms with Crippen molar-refractivity contribution in [3.8, 4) is 0 Å². The number of carbonyl (C=O) groups is 1. The highest BCUT2D eigenvalue weighted by atomic mass is 32.1. The molecule has 0 radical (unpaired) electrons. The first-order chi connectivity index (χ1) is 8.01. The van der Waals surface area contributed by atoms with Gasteiger partial charge < -0.3 is 4.90 Å². The first-order valence-electron chi connectivity index (χ1n) is 6.17. The Bertz CT molecular complexity index is 429. The Hall–Kier alpha value is -0.870. The van der Waals surface area contributed by atoms with Crippen LogP contribution in [0.15, 0.2) is 12.1 Å². The zero-order chi connectivity index (χ0) is 12.6. The van der Waals surface area contributed by atoms with Gasteiger partial charge in [-0.1, -0.05) is 6.92 Å². The molecule has 17 heavy (non-hydrogen) atoms. The van der Waals surface area contributed by atoms with Crippen LogP contribution in [0.5, 0.6) is 0 Å². The summed E-state index contributed by atoms with van der Waals surface area (Å²) in [4.78, 5) is 16.8. The van der Waals surface area contributed by atoms with E-state index in [0.29, 0.717) is 0 Å². The van der Waals surface area contributed by atoms with Gasteiger partial charge in [-0.05, 0) is 39.3 Å². The van der Waals surface area contributed by atoms with Gasteiger partial charge in [0.15, 0.2) is 0 Å². The predicted octanol–water partition coefficient (Wildman–Crippen LogP) is 2.68. The van der Waals surface area contributed by atoms with Crippen LogP contribution in [0, 0.1) is 6.92 Å². The molecule has 2 unspecified atom stereocenters. The maximum absolute atomic E-state index is 12.3. The van der Waals surface area contributed by atoms with Gasteiger partial charge in [0.05, 0.1) is 5.54 Å². The highest BCUT2D eigenvalue weighted by Crippen LogP contribution is 2.35. The largest absolute Gasteiger partial charge is 0.321 e. The number of carbonyl (C=O) groups excluding carboxylic acids is 1. The van der Waals surface area contributed by atoms with Gasteiger partial charge in [0.2, 0.25) is 5.91 Å². The lowest BCUT2D eigenvalue weighted by Gasteiger charge is -2.21. The molecule has 0 aliphatic carbocycles. The minimum absolute atomic E-state index is 0.0520. The van der Waals surface area contributed by atoms with Crippen LogP contribution >= 0.6 is 11.3 Å². The molecule has 0 spiro atoms. The normalized spacial score (nSPS) is 29.1. The molecule has 2 atom stereocenters. The van der Waals surface area contributed by atoms with E-state index in [1.807, 2.05) is 18.7 Å². The van der Waals surface area contributed by atoms with Crippen molar-refractivity contribution >= 4 is 17.2 Å². The van der Waals surface area contributed by atoms with E-state index < -0.39 is 5.54 Å². The fourth-order valence-corrected chi connectivity index (χ4v) is 3.22. The lowest BCUT2D eigenvalue weighted by Crippen LogP contribution is -2.42. The summed E-state index contributed by atoms with van der Waals surface area (Å²) in [5.41, 5.74) is -0.404. The van der Waals surface area contributed by atoms with Gasteiger partial charge in [-0.2, -0.15) is 0 Å². The second-order valence-electron chi connectivity index (χ2n) is 4.77. The molecule has 1 aromatic heterocycles. The van der Waals surface area contributed by atoms with Crippen LogP contribution in [-0.4, -0.2) is 22.9 Å². The number of rotatable bonds is 3. The number of likely N-dealkylation sites (N-methyl/N-ethyl adjacent to an activating group) is 1. The van der Waals surface area contributed by atoms with Crippen molar-refractivity contribution in [2.75, 3.05) is 6.54 Å². The average molecular weight is 252 g/mol. The summed E-state index contributed by atoms with van der Waals surface area (Å²) in [5, 5.41) is 3.48. The number of aryl methyl sites for hydroxylation is 1. The molecule has 94 valence electrons. The second kappa shape index (κ2) is 4.42. The van der Waals surface area contributed by atoms with E-state index in [1.54, 1.807) is 11.3 Å². The summed E-state index contributed by atoms with van der Waals surface area (Å²) in [7, 11) is 0. The van der Waals surface area contributed by atoms with Gasteiger partial charge in [0.1, 0.15) is 6.17 Å². The van der Waals surface area contributed by atoms with Crippen LogP contribution in [0.1, 0.15) is 43.1 Å². The monoisotopic (exact) mass is 252 g/mol. The molecular weight excluding hydrogens is 232 g/mol. The zero-order valence-electron chi connectivity index (χ0n) is 10.9. The molecule has 4 heteroatoms. The van der Waals surface area contributed by atoms with E-state index in [-0.39, 0.29) is 12.1 Å². The minimum atomic E-state index is -0.404. The molecule has 1 aliphatic heterocycles. The van der Waals surface area contributed by atoms with Crippen molar-refractivity contribution in [3.05, 3.63) is 21.9 Å². The molecule has 1 aliphatic rings. The van der Waals surface area contributed by atoms with E-state index in [2.05, 4.69) is 31.3 Å². The molecule has 2 heterocycles. The Labute approximate surface area is 107 Å². The number of amides is 1. The summed E-state index contributed by atoms with van der Waals surface area (Å²) in [6.45, 7) is 8.94. The quantitative estimate of drug-likeness (QED) is 0.897. The number of nitrogens with zero attached hydrogens (tertiary/aromatic N) is 1. The number of nitrogens with one attached hydrogen (secondary N) is 1. The van der Waals surface area contributed by atoms with E-state index in [0.717, 1.165) is 13.0 Å². The van der Waals surface area contributed by atoms with Crippen molar-refractivity contribution in [1.29, 1.82) is 0 Å². The van der Waals surface area contributed by atoms with E-state index in [1.165, 1.54) is 9.75 Å². The molecule has 1 aromatic rings. The Morgan fingerprint density at radius 1 is 1.47 bits per heavy atom. The first kappa shape index (κ1) is 12.6. The Morgan fingerprint density at radius 2 is 2.18 bits per heavy atom. The molecule has 1 N–H and O–H groups in total. The minimum Gasteiger partial charge on any atom is -0.321 e. The second-order valence-corrected chi connectivity index (χ2v) is 6.09. The van der Waals surface area contributed by atoms with E-state index in [9.17, 15) is 4.79 Å². The summed E-state index contributed by atoms with van der Waals surface area (Å²) in [6, 6.07) is 4.23. The Balaban J connectivity index is 2.32. The molecule has 3 nitrogen and oxygen atoms in total. The lowest BCUT2D eigenvalue weighted by molar-refractivity contribution is -0.132. The van der Waals surface area contributed by atoms with Crippen molar-refractivity contribution in [3.63, 3.8) is 0 Å². The molecule has 1 saturated heterocycles. The van der Waals surface area contributed by atoms with Gasteiger partial charge in [-0.15, -0.1) is 11.3 Å². The highest BCUT2D eigenvalue weighted by Gasteiger charge is 2.46. The Morgan fingerprint density at radius 3 is 2.65 bits per heavy atom. The van der Waals surface area contributed by atoms with E-state index >= 15 is 0 Å². The van der Waals surface area contributed by atoms with E-state index in [4.69, 9.17) is 0 Å². The molecular formula is C13H20N2OS. The Kier molecular flexibility index (Phi) is 3.27. The van der Waals surface area contributed by atoms with Crippen LogP contribution in [0.4, 0.5) is 0 Å². The third kappa shape index (κ3) is 2.00. The summed E-state index contributed by atoms with van der Waals surface area (Å²) in [5.74, 6) is 0.221. The van der Waals surface area contributed by atoms with Crippen LogP contribution in [-0.2, 0) is 4.79 Å².